The summed E-state index contributed by atoms with van der Waals surface area (Å²) < 4.78 is 5.71. The number of amides is 2. The second-order valence-electron chi connectivity index (χ2n) is 5.82. The third-order valence-electron chi connectivity index (χ3n) is 4.07. The van der Waals surface area contributed by atoms with E-state index in [0.29, 0.717) is 6.61 Å². The largest absolute Gasteiger partial charge is 0.375 e. The molecule has 1 aromatic heterocycles. The topological polar surface area (TPSA) is 66.5 Å². The maximum Gasteiger partial charge on any atom is 0.319 e. The molecule has 2 heterocycles. The molecule has 3 rings (SSSR count). The summed E-state index contributed by atoms with van der Waals surface area (Å²) in [5, 5.41) is 7.94. The van der Waals surface area contributed by atoms with Crippen LogP contribution >= 0.6 is 0 Å². The highest BCUT2D eigenvalue weighted by Gasteiger charge is 2.32. The standard InChI is InChI=1S/C17H22N4O2/c1-3-23-16-11-21(2)10-15(16)20-17(22)19-14-6-4-5-12-9-18-8-7-13(12)14/h4-9,15-16H,3,10-11H2,1-2H3,(H2,19,20,22)/t15-,16-/m0/s1. The normalized spacial score (nSPS) is 21.5. The molecule has 1 aliphatic heterocycles. The number of fused-ring (bicyclic) bond motifs is 1. The van der Waals surface area contributed by atoms with E-state index in [9.17, 15) is 4.79 Å². The highest BCUT2D eigenvalue weighted by molar-refractivity contribution is 6.01. The van der Waals surface area contributed by atoms with Gasteiger partial charge in [0.1, 0.15) is 0 Å². The number of nitrogens with one attached hydrogen (secondary N) is 2. The fourth-order valence-corrected chi connectivity index (χ4v) is 3.04. The highest BCUT2D eigenvalue weighted by Crippen LogP contribution is 2.22. The second kappa shape index (κ2) is 6.93. The summed E-state index contributed by atoms with van der Waals surface area (Å²) in [5.74, 6) is 0. The van der Waals surface area contributed by atoms with E-state index in [-0.39, 0.29) is 18.2 Å². The van der Waals surface area contributed by atoms with Crippen LogP contribution in [0.15, 0.2) is 36.7 Å². The van der Waals surface area contributed by atoms with Crippen molar-refractivity contribution in [2.45, 2.75) is 19.1 Å². The molecular formula is C17H22N4O2. The van der Waals surface area contributed by atoms with Crippen molar-refractivity contribution in [1.82, 2.24) is 15.2 Å². The van der Waals surface area contributed by atoms with E-state index in [1.165, 1.54) is 0 Å². The van der Waals surface area contributed by atoms with Gasteiger partial charge in [-0.15, -0.1) is 0 Å². The molecule has 1 fully saturated rings. The number of hydrogen-bond acceptors (Lipinski definition) is 4. The molecule has 0 radical (unpaired) electrons. The summed E-state index contributed by atoms with van der Waals surface area (Å²) >= 11 is 0. The number of carbonyl (C=O) groups is 1. The van der Waals surface area contributed by atoms with Gasteiger partial charge in [0, 0.05) is 42.9 Å². The molecule has 6 heteroatoms. The molecule has 2 N–H and O–H groups in total. The van der Waals surface area contributed by atoms with Crippen molar-refractivity contribution in [1.29, 1.82) is 0 Å². The summed E-state index contributed by atoms with van der Waals surface area (Å²) in [5.41, 5.74) is 0.779. The fourth-order valence-electron chi connectivity index (χ4n) is 3.04. The van der Waals surface area contributed by atoms with Crippen LogP contribution in [0, 0.1) is 0 Å². The van der Waals surface area contributed by atoms with Gasteiger partial charge in [0.15, 0.2) is 0 Å². The molecule has 0 bridgehead atoms. The van der Waals surface area contributed by atoms with Gasteiger partial charge < -0.3 is 20.3 Å². The number of urea groups is 1. The number of likely N-dealkylation sites (N-methyl/N-ethyl adjacent to an activating group) is 1. The molecule has 2 atom stereocenters. The lowest BCUT2D eigenvalue weighted by molar-refractivity contribution is 0.0568. The molecule has 0 aliphatic carbocycles. The Morgan fingerprint density at radius 1 is 1.39 bits per heavy atom. The minimum atomic E-state index is -0.209. The van der Waals surface area contributed by atoms with Gasteiger partial charge in [-0.1, -0.05) is 12.1 Å². The first-order valence-corrected chi connectivity index (χ1v) is 7.87. The molecule has 2 aromatic rings. The molecule has 6 nitrogen and oxygen atoms in total. The summed E-state index contributed by atoms with van der Waals surface area (Å²) in [4.78, 5) is 18.6. The van der Waals surface area contributed by atoms with Gasteiger partial charge in [-0.3, -0.25) is 4.98 Å². The zero-order chi connectivity index (χ0) is 16.2. The summed E-state index contributed by atoms with van der Waals surface area (Å²) in [7, 11) is 2.03. The number of nitrogens with zero attached hydrogens (tertiary/aromatic N) is 2. The quantitative estimate of drug-likeness (QED) is 0.907. The van der Waals surface area contributed by atoms with Crippen LogP contribution in [-0.4, -0.2) is 54.8 Å². The van der Waals surface area contributed by atoms with Crippen LogP contribution in [0.1, 0.15) is 6.92 Å². The predicted octanol–water partition coefficient (Wildman–Crippen LogP) is 2.08. The second-order valence-corrected chi connectivity index (χ2v) is 5.82. The van der Waals surface area contributed by atoms with Crippen molar-refractivity contribution in [3.63, 3.8) is 0 Å². The van der Waals surface area contributed by atoms with Crippen LogP contribution in [-0.2, 0) is 4.74 Å². The van der Waals surface area contributed by atoms with Crippen LogP contribution < -0.4 is 10.6 Å². The van der Waals surface area contributed by atoms with E-state index >= 15 is 0 Å². The Kier molecular flexibility index (Phi) is 4.73. The molecule has 0 unspecified atom stereocenters. The van der Waals surface area contributed by atoms with E-state index in [4.69, 9.17) is 4.74 Å². The maximum atomic E-state index is 12.4. The van der Waals surface area contributed by atoms with Gasteiger partial charge in [0.2, 0.25) is 0 Å². The Morgan fingerprint density at radius 2 is 2.26 bits per heavy atom. The maximum absolute atomic E-state index is 12.4. The first-order valence-electron chi connectivity index (χ1n) is 7.87. The van der Waals surface area contributed by atoms with Crippen LogP contribution in [0.5, 0.6) is 0 Å². The van der Waals surface area contributed by atoms with Gasteiger partial charge in [-0.05, 0) is 26.1 Å². The van der Waals surface area contributed by atoms with Crippen molar-refractivity contribution < 1.29 is 9.53 Å². The van der Waals surface area contributed by atoms with E-state index in [2.05, 4.69) is 20.5 Å². The van der Waals surface area contributed by atoms with Crippen LogP contribution in [0.3, 0.4) is 0 Å². The fraction of sp³-hybridized carbons (Fsp3) is 0.412. The lowest BCUT2D eigenvalue weighted by Crippen LogP contribution is -2.45. The van der Waals surface area contributed by atoms with Crippen LogP contribution in [0.25, 0.3) is 10.8 Å². The van der Waals surface area contributed by atoms with Crippen molar-refractivity contribution in [2.24, 2.45) is 0 Å². The number of ether oxygens (including phenoxy) is 1. The number of rotatable bonds is 4. The van der Waals surface area contributed by atoms with Gasteiger partial charge in [-0.2, -0.15) is 0 Å². The average Bonchev–Trinajstić information content (AvgIpc) is 2.87. The summed E-state index contributed by atoms with van der Waals surface area (Å²) in [6, 6.07) is 7.46. The van der Waals surface area contributed by atoms with Crippen molar-refractivity contribution >= 4 is 22.5 Å². The summed E-state index contributed by atoms with van der Waals surface area (Å²) in [6.45, 7) is 4.24. The number of benzene rings is 1. The molecule has 2 amide bonds. The van der Waals surface area contributed by atoms with Gasteiger partial charge in [0.25, 0.3) is 0 Å². The molecule has 23 heavy (non-hydrogen) atoms. The molecule has 0 saturated carbocycles. The van der Waals surface area contributed by atoms with Gasteiger partial charge in [-0.25, -0.2) is 4.79 Å². The van der Waals surface area contributed by atoms with Crippen LogP contribution in [0.2, 0.25) is 0 Å². The van der Waals surface area contributed by atoms with E-state index in [1.807, 2.05) is 38.2 Å². The Hall–Kier alpha value is -2.18. The Morgan fingerprint density at radius 3 is 3.09 bits per heavy atom. The molecule has 1 saturated heterocycles. The SMILES string of the molecule is CCO[C@H]1CN(C)C[C@@H]1NC(=O)Nc1cccc2cnccc12. The molecule has 1 aromatic carbocycles. The molecular weight excluding hydrogens is 292 g/mol. The van der Waals surface area contributed by atoms with Crippen molar-refractivity contribution in [2.75, 3.05) is 32.1 Å². The Balaban J connectivity index is 1.69. The highest BCUT2D eigenvalue weighted by atomic mass is 16.5. The van der Waals surface area contributed by atoms with Gasteiger partial charge >= 0.3 is 6.03 Å². The third-order valence-corrected chi connectivity index (χ3v) is 4.07. The number of anilines is 1. The van der Waals surface area contributed by atoms with Crippen molar-refractivity contribution in [3.8, 4) is 0 Å². The number of pyridine rings is 1. The number of aromatic nitrogens is 1. The minimum Gasteiger partial charge on any atom is -0.375 e. The lowest BCUT2D eigenvalue weighted by Gasteiger charge is -2.20. The lowest BCUT2D eigenvalue weighted by atomic mass is 10.1. The number of likely N-dealkylation sites (tertiary alicyclic amines) is 1. The zero-order valence-corrected chi connectivity index (χ0v) is 13.5. The predicted molar refractivity (Wildman–Crippen MR) is 90.6 cm³/mol. The van der Waals surface area contributed by atoms with E-state index < -0.39 is 0 Å². The van der Waals surface area contributed by atoms with Crippen molar-refractivity contribution in [3.05, 3.63) is 36.7 Å². The smallest absolute Gasteiger partial charge is 0.319 e. The average molecular weight is 314 g/mol. The molecule has 122 valence electrons. The van der Waals surface area contributed by atoms with Crippen LogP contribution in [0.4, 0.5) is 10.5 Å². The number of hydrogen-bond donors (Lipinski definition) is 2. The molecule has 0 spiro atoms. The van der Waals surface area contributed by atoms with E-state index in [0.717, 1.165) is 29.5 Å². The zero-order valence-electron chi connectivity index (χ0n) is 13.5. The third kappa shape index (κ3) is 3.60. The van der Waals surface area contributed by atoms with Gasteiger partial charge in [0.05, 0.1) is 17.8 Å². The Bertz CT molecular complexity index is 686. The molecule has 1 aliphatic rings. The first-order chi connectivity index (χ1) is 11.2. The Labute approximate surface area is 135 Å². The monoisotopic (exact) mass is 314 g/mol. The van der Waals surface area contributed by atoms with E-state index in [1.54, 1.807) is 12.4 Å². The minimum absolute atomic E-state index is 0.00315. The first kappa shape index (κ1) is 15.7. The number of carbonyl (C=O) groups excluding carboxylic acids is 1. The summed E-state index contributed by atoms with van der Waals surface area (Å²) in [6.07, 6.45) is 3.55.